The number of halogens is 1. The summed E-state index contributed by atoms with van der Waals surface area (Å²) in [7, 11) is 1.50. The Morgan fingerprint density at radius 2 is 1.76 bits per heavy atom. The number of esters is 1. The smallest absolute Gasteiger partial charge is 0.328 e. The molecule has 4 N–H and O–H groups in total. The van der Waals surface area contributed by atoms with Gasteiger partial charge in [-0.3, -0.25) is 14.4 Å². The summed E-state index contributed by atoms with van der Waals surface area (Å²) in [6, 6.07) is 10.6. The van der Waals surface area contributed by atoms with Crippen LogP contribution in [0.1, 0.15) is 56.9 Å². The number of methoxy groups -OCH3 is 1. The molecule has 2 aromatic rings. The van der Waals surface area contributed by atoms with Crippen molar-refractivity contribution in [1.82, 2.24) is 16.0 Å². The molecule has 3 amide bonds. The molecule has 0 aliphatic carbocycles. The predicted molar refractivity (Wildman–Crippen MR) is 171 cm³/mol. The first kappa shape index (κ1) is 34.9. The van der Waals surface area contributed by atoms with E-state index < -0.39 is 47.3 Å². The average Bonchev–Trinajstić information content (AvgIpc) is 3.83. The maximum atomic E-state index is 13.3. The van der Waals surface area contributed by atoms with Gasteiger partial charge < -0.3 is 35.3 Å². The van der Waals surface area contributed by atoms with Crippen LogP contribution in [0, 0.1) is 11.3 Å². The molecule has 11 nitrogen and oxygen atoms in total. The van der Waals surface area contributed by atoms with Gasteiger partial charge >= 0.3 is 5.97 Å². The number of cyclic esters (lactones) is 1. The number of carbonyl (C=O) groups excluding carboxylic acids is 4. The number of carbonyl (C=O) groups is 4. The van der Waals surface area contributed by atoms with Gasteiger partial charge in [-0.25, -0.2) is 4.79 Å². The summed E-state index contributed by atoms with van der Waals surface area (Å²) in [6.07, 6.45) is 2.09. The van der Waals surface area contributed by atoms with E-state index >= 15 is 0 Å². The number of aliphatic hydroxyl groups is 1. The fourth-order valence-electron chi connectivity index (χ4n) is 5.21. The molecule has 4 rings (SSSR count). The molecule has 12 heteroatoms. The van der Waals surface area contributed by atoms with Gasteiger partial charge in [-0.1, -0.05) is 54.9 Å². The van der Waals surface area contributed by atoms with Crippen LogP contribution in [0.5, 0.6) is 5.75 Å². The van der Waals surface area contributed by atoms with Crippen molar-refractivity contribution in [2.45, 2.75) is 77.5 Å². The summed E-state index contributed by atoms with van der Waals surface area (Å²) < 4.78 is 17.1. The number of benzene rings is 2. The van der Waals surface area contributed by atoms with Crippen LogP contribution >= 0.6 is 11.6 Å². The number of aliphatic hydroxyl groups excluding tert-OH is 1. The van der Waals surface area contributed by atoms with Crippen molar-refractivity contribution in [2.24, 2.45) is 11.3 Å². The second-order valence-electron chi connectivity index (χ2n) is 12.4. The molecule has 1 fully saturated rings. The van der Waals surface area contributed by atoms with E-state index in [0.29, 0.717) is 16.3 Å². The Bertz CT molecular complexity index is 1460. The molecular formula is C34H42ClN3O8. The molecule has 0 spiro atoms. The van der Waals surface area contributed by atoms with E-state index in [2.05, 4.69) is 16.0 Å². The minimum atomic E-state index is -1.09. The first-order valence-corrected chi connectivity index (χ1v) is 15.6. The summed E-state index contributed by atoms with van der Waals surface area (Å²) in [5.41, 5.74) is 1.33. The van der Waals surface area contributed by atoms with Crippen LogP contribution in [0.3, 0.4) is 0 Å². The molecule has 0 radical (unpaired) electrons. The molecule has 248 valence electrons. The first-order valence-electron chi connectivity index (χ1n) is 15.3. The Balaban J connectivity index is 1.55. The Kier molecular flexibility index (Phi) is 11.5. The fraction of sp³-hybridized carbons (Fsp3) is 0.471. The normalized spacial score (nSPS) is 27.0. The molecule has 2 unspecified atom stereocenters. The van der Waals surface area contributed by atoms with Crippen LogP contribution < -0.4 is 20.7 Å². The van der Waals surface area contributed by atoms with Gasteiger partial charge in [0.2, 0.25) is 17.7 Å². The van der Waals surface area contributed by atoms with Gasteiger partial charge in [0, 0.05) is 25.3 Å². The average molecular weight is 656 g/mol. The second-order valence-corrected chi connectivity index (χ2v) is 12.8. The third-order valence-corrected chi connectivity index (χ3v) is 8.63. The van der Waals surface area contributed by atoms with E-state index in [-0.39, 0.29) is 44.1 Å². The van der Waals surface area contributed by atoms with E-state index in [1.54, 1.807) is 38.1 Å². The Morgan fingerprint density at radius 1 is 1.07 bits per heavy atom. The largest absolute Gasteiger partial charge is 0.495 e. The molecule has 2 aliphatic rings. The first-order chi connectivity index (χ1) is 21.8. The quantitative estimate of drug-likeness (QED) is 0.262. The van der Waals surface area contributed by atoms with Crippen LogP contribution in [0.15, 0.2) is 54.6 Å². The van der Waals surface area contributed by atoms with Gasteiger partial charge in [-0.2, -0.15) is 0 Å². The van der Waals surface area contributed by atoms with Crippen molar-refractivity contribution < 1.29 is 38.5 Å². The minimum absolute atomic E-state index is 0.0512. The van der Waals surface area contributed by atoms with Gasteiger partial charge in [0.1, 0.15) is 30.0 Å². The van der Waals surface area contributed by atoms with Gasteiger partial charge in [-0.05, 0) is 55.7 Å². The van der Waals surface area contributed by atoms with Crippen molar-refractivity contribution in [3.8, 4) is 5.75 Å². The Labute approximate surface area is 274 Å². The number of epoxide rings is 1. The fourth-order valence-corrected chi connectivity index (χ4v) is 5.49. The van der Waals surface area contributed by atoms with Gasteiger partial charge in [0.25, 0.3) is 0 Å². The van der Waals surface area contributed by atoms with Gasteiger partial charge in [0.15, 0.2) is 0 Å². The Hall–Kier alpha value is -3.93. The van der Waals surface area contributed by atoms with Crippen molar-refractivity contribution in [3.05, 3.63) is 76.3 Å². The highest BCUT2D eigenvalue weighted by atomic mass is 35.5. The zero-order valence-corrected chi connectivity index (χ0v) is 27.4. The molecule has 46 heavy (non-hydrogen) atoms. The van der Waals surface area contributed by atoms with Crippen LogP contribution in [-0.2, 0) is 41.7 Å². The van der Waals surface area contributed by atoms with Crippen molar-refractivity contribution in [1.29, 1.82) is 0 Å². The minimum Gasteiger partial charge on any atom is -0.495 e. The zero-order chi connectivity index (χ0) is 33.6. The van der Waals surface area contributed by atoms with Crippen LogP contribution in [0.4, 0.5) is 0 Å². The number of amides is 3. The SMILES string of the molecule is COc1ccc(C[C@H]2NC(=O)/C=C\C[C@@H]([C@H](C)C3OC3c3ccc(CO)cc3)OC(=O)[C@H](C)NC(=O)C(C)(C)CNC2=O)cc1Cl. The maximum absolute atomic E-state index is 13.3. The highest BCUT2D eigenvalue weighted by Crippen LogP contribution is 2.45. The molecule has 0 aromatic heterocycles. The van der Waals surface area contributed by atoms with Crippen LogP contribution in [0.25, 0.3) is 0 Å². The number of nitrogens with one attached hydrogen (secondary N) is 3. The van der Waals surface area contributed by atoms with E-state index in [4.69, 9.17) is 25.8 Å². The molecule has 6 atom stereocenters. The van der Waals surface area contributed by atoms with Crippen molar-refractivity contribution in [2.75, 3.05) is 13.7 Å². The lowest BCUT2D eigenvalue weighted by Crippen LogP contribution is -2.53. The Morgan fingerprint density at radius 3 is 2.41 bits per heavy atom. The van der Waals surface area contributed by atoms with Crippen LogP contribution in [-0.4, -0.2) is 66.7 Å². The monoisotopic (exact) mass is 655 g/mol. The third-order valence-electron chi connectivity index (χ3n) is 8.34. The standard InChI is InChI=1S/C34H42ClN3O8/c1-19(29-30(46-29)23-12-9-21(17-39)10-13-23)26-7-6-8-28(40)38-25(16-22-11-14-27(44-5)24(35)15-22)31(41)36-18-34(3,4)33(43)37-20(2)32(42)45-26/h6,8-15,19-20,25-26,29-30,39H,7,16-18H2,1-5H3,(H,36,41)(H,37,43)(H,38,40)/b8-6-/t19-,20-,25+,26-,29?,30?/m0/s1. The summed E-state index contributed by atoms with van der Waals surface area (Å²) in [5.74, 6) is -1.86. The summed E-state index contributed by atoms with van der Waals surface area (Å²) in [6.45, 7) is 6.63. The summed E-state index contributed by atoms with van der Waals surface area (Å²) >= 11 is 6.30. The molecule has 0 saturated carbocycles. The van der Waals surface area contributed by atoms with Gasteiger partial charge in [-0.15, -0.1) is 0 Å². The molecule has 0 bridgehead atoms. The van der Waals surface area contributed by atoms with E-state index in [1.165, 1.54) is 20.1 Å². The van der Waals surface area contributed by atoms with Crippen LogP contribution in [0.2, 0.25) is 5.02 Å². The second kappa shape index (κ2) is 15.1. The summed E-state index contributed by atoms with van der Waals surface area (Å²) in [4.78, 5) is 52.7. The molecule has 2 aromatic carbocycles. The van der Waals surface area contributed by atoms with E-state index in [1.807, 2.05) is 31.2 Å². The van der Waals surface area contributed by atoms with Gasteiger partial charge in [0.05, 0.1) is 30.3 Å². The van der Waals surface area contributed by atoms with Crippen molar-refractivity contribution >= 4 is 35.3 Å². The molecule has 1 saturated heterocycles. The third kappa shape index (κ3) is 8.86. The highest BCUT2D eigenvalue weighted by molar-refractivity contribution is 6.32. The number of hydrogen-bond acceptors (Lipinski definition) is 8. The molecular weight excluding hydrogens is 614 g/mol. The predicted octanol–water partition coefficient (Wildman–Crippen LogP) is 3.16. The number of ether oxygens (including phenoxy) is 3. The van der Waals surface area contributed by atoms with E-state index in [0.717, 1.165) is 11.1 Å². The van der Waals surface area contributed by atoms with E-state index in [9.17, 15) is 24.3 Å². The lowest BCUT2D eigenvalue weighted by Gasteiger charge is -2.28. The lowest BCUT2D eigenvalue weighted by molar-refractivity contribution is -0.155. The zero-order valence-electron chi connectivity index (χ0n) is 26.7. The topological polar surface area (TPSA) is 156 Å². The number of hydrogen-bond donors (Lipinski definition) is 4. The molecule has 2 heterocycles. The number of rotatable bonds is 7. The highest BCUT2D eigenvalue weighted by Gasteiger charge is 2.47. The maximum Gasteiger partial charge on any atom is 0.328 e. The molecule has 2 aliphatic heterocycles. The summed E-state index contributed by atoms with van der Waals surface area (Å²) in [5, 5.41) is 17.9. The lowest BCUT2D eigenvalue weighted by atomic mass is 9.91. The van der Waals surface area contributed by atoms with Crippen molar-refractivity contribution in [3.63, 3.8) is 0 Å².